The van der Waals surface area contributed by atoms with Crippen LogP contribution in [-0.2, 0) is 4.74 Å². The van der Waals surface area contributed by atoms with Gasteiger partial charge in [-0.3, -0.25) is 4.99 Å². The number of aliphatic imine (C=N–C) groups is 1. The fourth-order valence-electron chi connectivity index (χ4n) is 1.33. The standard InChI is InChI=1S/C8H16N2O3S/c1-10-8(9)14-7-3-5(12)2-6(4-11)13-7/h5-7,11-12H,2-4H2,1H3,(H2,9,10). The molecule has 82 valence electrons. The Kier molecular flexibility index (Phi) is 4.67. The third kappa shape index (κ3) is 3.45. The Morgan fingerprint density at radius 1 is 1.64 bits per heavy atom. The highest BCUT2D eigenvalue weighted by atomic mass is 32.2. The third-order valence-electron chi connectivity index (χ3n) is 2.02. The highest BCUT2D eigenvalue weighted by Crippen LogP contribution is 2.27. The van der Waals surface area contributed by atoms with Crippen molar-refractivity contribution in [3.05, 3.63) is 0 Å². The predicted octanol–water partition coefficient (Wildman–Crippen LogP) is -0.478. The Balaban J connectivity index is 2.45. The molecule has 1 saturated heterocycles. The molecule has 3 unspecified atom stereocenters. The van der Waals surface area contributed by atoms with Gasteiger partial charge in [-0.05, 0) is 0 Å². The maximum absolute atomic E-state index is 9.48. The van der Waals surface area contributed by atoms with Gasteiger partial charge in [0.15, 0.2) is 5.17 Å². The molecule has 0 aromatic heterocycles. The van der Waals surface area contributed by atoms with E-state index in [1.807, 2.05) is 0 Å². The molecule has 1 aliphatic rings. The van der Waals surface area contributed by atoms with E-state index in [9.17, 15) is 5.11 Å². The molecule has 4 N–H and O–H groups in total. The first-order valence-corrected chi connectivity index (χ1v) is 5.37. The highest BCUT2D eigenvalue weighted by molar-refractivity contribution is 8.14. The molecule has 0 saturated carbocycles. The molecule has 5 nitrogen and oxygen atoms in total. The molecule has 0 amide bonds. The van der Waals surface area contributed by atoms with Crippen LogP contribution >= 0.6 is 11.8 Å². The fraction of sp³-hybridized carbons (Fsp3) is 0.875. The van der Waals surface area contributed by atoms with Crippen molar-refractivity contribution < 1.29 is 14.9 Å². The number of aliphatic hydroxyl groups excluding tert-OH is 2. The molecule has 0 bridgehead atoms. The first-order chi connectivity index (χ1) is 6.65. The number of nitrogens with zero attached hydrogens (tertiary/aromatic N) is 1. The molecule has 0 radical (unpaired) electrons. The van der Waals surface area contributed by atoms with Crippen molar-refractivity contribution in [2.45, 2.75) is 30.5 Å². The Bertz CT molecular complexity index is 213. The minimum Gasteiger partial charge on any atom is -0.394 e. The van der Waals surface area contributed by atoms with E-state index in [2.05, 4.69) is 4.99 Å². The zero-order valence-electron chi connectivity index (χ0n) is 8.09. The van der Waals surface area contributed by atoms with E-state index in [0.717, 1.165) is 0 Å². The average molecular weight is 220 g/mol. The van der Waals surface area contributed by atoms with Crippen LogP contribution in [0.4, 0.5) is 0 Å². The maximum Gasteiger partial charge on any atom is 0.156 e. The topological polar surface area (TPSA) is 88.1 Å². The molecule has 0 aromatic carbocycles. The van der Waals surface area contributed by atoms with Gasteiger partial charge in [0.05, 0.1) is 18.8 Å². The van der Waals surface area contributed by atoms with Crippen LogP contribution in [0.1, 0.15) is 12.8 Å². The first-order valence-electron chi connectivity index (χ1n) is 4.49. The zero-order chi connectivity index (χ0) is 10.6. The summed E-state index contributed by atoms with van der Waals surface area (Å²) < 4.78 is 5.47. The van der Waals surface area contributed by atoms with E-state index in [1.54, 1.807) is 7.05 Å². The van der Waals surface area contributed by atoms with Crippen molar-refractivity contribution in [2.75, 3.05) is 13.7 Å². The average Bonchev–Trinajstić information content (AvgIpc) is 2.16. The lowest BCUT2D eigenvalue weighted by Gasteiger charge is -2.31. The third-order valence-corrected chi connectivity index (χ3v) is 3.01. The molecule has 0 aliphatic carbocycles. The van der Waals surface area contributed by atoms with E-state index in [1.165, 1.54) is 11.8 Å². The van der Waals surface area contributed by atoms with Crippen LogP contribution in [0.25, 0.3) is 0 Å². The number of nitrogens with two attached hydrogens (primary N) is 1. The summed E-state index contributed by atoms with van der Waals surface area (Å²) in [5, 5.41) is 18.8. The van der Waals surface area contributed by atoms with Gasteiger partial charge in [0, 0.05) is 19.9 Å². The predicted molar refractivity (Wildman–Crippen MR) is 56.1 cm³/mol. The largest absolute Gasteiger partial charge is 0.394 e. The van der Waals surface area contributed by atoms with Crippen molar-refractivity contribution in [1.29, 1.82) is 0 Å². The Morgan fingerprint density at radius 2 is 2.36 bits per heavy atom. The lowest BCUT2D eigenvalue weighted by Crippen LogP contribution is -2.37. The summed E-state index contributed by atoms with van der Waals surface area (Å²) in [5.41, 5.74) is 5.32. The van der Waals surface area contributed by atoms with Crippen LogP contribution in [0.15, 0.2) is 4.99 Å². The number of aliphatic hydroxyl groups is 2. The number of thioether (sulfide) groups is 1. The fourth-order valence-corrected chi connectivity index (χ4v) is 2.23. The summed E-state index contributed by atoms with van der Waals surface area (Å²) in [5.74, 6) is 0. The van der Waals surface area contributed by atoms with Gasteiger partial charge in [0.1, 0.15) is 5.44 Å². The molecule has 3 atom stereocenters. The normalized spacial score (nSPS) is 34.5. The summed E-state index contributed by atoms with van der Waals surface area (Å²) in [6.45, 7) is -0.0721. The Labute approximate surface area is 87.3 Å². The van der Waals surface area contributed by atoms with Gasteiger partial charge in [-0.2, -0.15) is 0 Å². The van der Waals surface area contributed by atoms with Crippen LogP contribution in [0, 0.1) is 0 Å². The second-order valence-corrected chi connectivity index (χ2v) is 4.35. The van der Waals surface area contributed by atoms with Crippen molar-refractivity contribution >= 4 is 16.9 Å². The summed E-state index contributed by atoms with van der Waals surface area (Å²) >= 11 is 1.28. The van der Waals surface area contributed by atoms with E-state index in [0.29, 0.717) is 18.0 Å². The molecular weight excluding hydrogens is 204 g/mol. The lowest BCUT2D eigenvalue weighted by molar-refractivity contribution is -0.0779. The summed E-state index contributed by atoms with van der Waals surface area (Å²) in [6, 6.07) is 0. The molecule has 0 aromatic rings. The Hall–Kier alpha value is -0.300. The number of ether oxygens (including phenoxy) is 1. The molecular formula is C8H16N2O3S. The summed E-state index contributed by atoms with van der Waals surface area (Å²) in [4.78, 5) is 3.79. The first kappa shape index (κ1) is 11.8. The minimum atomic E-state index is -0.428. The molecule has 1 rings (SSSR count). The molecule has 14 heavy (non-hydrogen) atoms. The molecule has 1 aliphatic heterocycles. The van der Waals surface area contributed by atoms with Crippen LogP contribution in [0.5, 0.6) is 0 Å². The number of rotatable bonds is 2. The number of amidine groups is 1. The smallest absolute Gasteiger partial charge is 0.156 e. The van der Waals surface area contributed by atoms with Crippen molar-refractivity contribution in [3.8, 4) is 0 Å². The van der Waals surface area contributed by atoms with E-state index in [-0.39, 0.29) is 18.1 Å². The van der Waals surface area contributed by atoms with E-state index < -0.39 is 6.10 Å². The molecule has 1 heterocycles. The van der Waals surface area contributed by atoms with Gasteiger partial charge in [0.25, 0.3) is 0 Å². The zero-order valence-corrected chi connectivity index (χ0v) is 8.91. The van der Waals surface area contributed by atoms with E-state index in [4.69, 9.17) is 15.6 Å². The van der Waals surface area contributed by atoms with Crippen LogP contribution < -0.4 is 5.73 Å². The van der Waals surface area contributed by atoms with Crippen LogP contribution in [-0.4, -0.2) is 46.7 Å². The van der Waals surface area contributed by atoms with Gasteiger partial charge >= 0.3 is 0 Å². The number of hydrogen-bond donors (Lipinski definition) is 3. The van der Waals surface area contributed by atoms with Crippen molar-refractivity contribution in [1.82, 2.24) is 0 Å². The maximum atomic E-state index is 9.48. The van der Waals surface area contributed by atoms with Gasteiger partial charge in [-0.1, -0.05) is 11.8 Å². The monoisotopic (exact) mass is 220 g/mol. The minimum absolute atomic E-state index is 0.0721. The molecule has 1 fully saturated rings. The van der Waals surface area contributed by atoms with Gasteiger partial charge in [0.2, 0.25) is 0 Å². The van der Waals surface area contributed by atoms with Gasteiger partial charge in [-0.15, -0.1) is 0 Å². The van der Waals surface area contributed by atoms with Crippen LogP contribution in [0.3, 0.4) is 0 Å². The summed E-state index contributed by atoms with van der Waals surface area (Å²) in [7, 11) is 1.60. The summed E-state index contributed by atoms with van der Waals surface area (Å²) in [6.07, 6.45) is 0.290. The number of hydrogen-bond acceptors (Lipinski definition) is 5. The Morgan fingerprint density at radius 3 is 2.93 bits per heavy atom. The molecule has 0 spiro atoms. The SMILES string of the molecule is CN=C(N)SC1CC(O)CC(CO)O1. The van der Waals surface area contributed by atoms with E-state index >= 15 is 0 Å². The highest BCUT2D eigenvalue weighted by Gasteiger charge is 2.28. The van der Waals surface area contributed by atoms with Gasteiger partial charge in [-0.25, -0.2) is 0 Å². The quantitative estimate of drug-likeness (QED) is 0.432. The lowest BCUT2D eigenvalue weighted by atomic mass is 10.1. The van der Waals surface area contributed by atoms with Gasteiger partial charge < -0.3 is 20.7 Å². The van der Waals surface area contributed by atoms with Crippen molar-refractivity contribution in [2.24, 2.45) is 10.7 Å². The second-order valence-electron chi connectivity index (χ2n) is 3.18. The van der Waals surface area contributed by atoms with Crippen LogP contribution in [0.2, 0.25) is 0 Å². The second kappa shape index (κ2) is 5.55. The van der Waals surface area contributed by atoms with Crippen molar-refractivity contribution in [3.63, 3.8) is 0 Å². The molecule has 6 heteroatoms.